The molecule has 1 saturated heterocycles. The molecule has 56 valence electrons. The Balaban J connectivity index is 2.27. The molecular formula is C8H14N2. The van der Waals surface area contributed by atoms with Crippen LogP contribution in [-0.4, -0.2) is 25.0 Å². The third-order valence-electron chi connectivity index (χ3n) is 2.10. The largest absolute Gasteiger partial charge is 0.306 e. The maximum absolute atomic E-state index is 8.44. The minimum Gasteiger partial charge on any atom is -0.306 e. The van der Waals surface area contributed by atoms with E-state index in [-0.39, 0.29) is 0 Å². The lowest BCUT2D eigenvalue weighted by Gasteiger charge is -2.27. The fraction of sp³-hybridized carbons (Fsp3) is 0.875. The van der Waals surface area contributed by atoms with Crippen LogP contribution in [0, 0.1) is 17.2 Å². The van der Waals surface area contributed by atoms with E-state index >= 15 is 0 Å². The first-order valence-electron chi connectivity index (χ1n) is 3.88. The summed E-state index contributed by atoms with van der Waals surface area (Å²) in [5.41, 5.74) is 0. The molecule has 1 heterocycles. The van der Waals surface area contributed by atoms with Gasteiger partial charge in [0.2, 0.25) is 0 Å². The van der Waals surface area contributed by atoms with Crippen molar-refractivity contribution in [3.8, 4) is 6.07 Å². The van der Waals surface area contributed by atoms with E-state index in [2.05, 4.69) is 18.0 Å². The van der Waals surface area contributed by atoms with Gasteiger partial charge in [-0.25, -0.2) is 0 Å². The van der Waals surface area contributed by atoms with Crippen LogP contribution >= 0.6 is 0 Å². The molecule has 1 aliphatic rings. The van der Waals surface area contributed by atoms with Gasteiger partial charge in [-0.2, -0.15) is 5.26 Å². The van der Waals surface area contributed by atoms with Crippen molar-refractivity contribution in [2.24, 2.45) is 5.92 Å². The number of rotatable bonds is 1. The summed E-state index contributed by atoms with van der Waals surface area (Å²) in [6, 6.07) is 2.23. The second kappa shape index (κ2) is 3.58. The van der Waals surface area contributed by atoms with Crippen LogP contribution in [0.1, 0.15) is 19.3 Å². The molecule has 2 heteroatoms. The zero-order valence-electron chi connectivity index (χ0n) is 6.51. The molecule has 0 saturated carbocycles. The first-order chi connectivity index (χ1) is 4.83. The fourth-order valence-electron chi connectivity index (χ4n) is 1.57. The lowest BCUT2D eigenvalue weighted by atomic mass is 9.96. The quantitative estimate of drug-likeness (QED) is 0.545. The molecule has 0 aromatic heterocycles. The summed E-state index contributed by atoms with van der Waals surface area (Å²) in [5, 5.41) is 8.44. The van der Waals surface area contributed by atoms with Gasteiger partial charge in [0.05, 0.1) is 6.07 Å². The van der Waals surface area contributed by atoms with Gasteiger partial charge in [0.15, 0.2) is 0 Å². The predicted molar refractivity (Wildman–Crippen MR) is 40.5 cm³/mol. The van der Waals surface area contributed by atoms with E-state index < -0.39 is 0 Å². The van der Waals surface area contributed by atoms with Gasteiger partial charge in [0.25, 0.3) is 0 Å². The van der Waals surface area contributed by atoms with Crippen LogP contribution in [0.2, 0.25) is 0 Å². The monoisotopic (exact) mass is 138 g/mol. The third kappa shape index (κ3) is 2.00. The van der Waals surface area contributed by atoms with Gasteiger partial charge < -0.3 is 4.90 Å². The number of likely N-dealkylation sites (tertiary alicyclic amines) is 1. The van der Waals surface area contributed by atoms with Crippen LogP contribution in [0.25, 0.3) is 0 Å². The van der Waals surface area contributed by atoms with Crippen LogP contribution in [0.3, 0.4) is 0 Å². The van der Waals surface area contributed by atoms with E-state index in [9.17, 15) is 0 Å². The molecule has 0 N–H and O–H groups in total. The molecule has 0 aromatic rings. The maximum atomic E-state index is 8.44. The Labute approximate surface area is 62.4 Å². The van der Waals surface area contributed by atoms with Crippen molar-refractivity contribution in [1.82, 2.24) is 4.90 Å². The minimum atomic E-state index is 0.642. The molecule has 2 nitrogen and oxygen atoms in total. The van der Waals surface area contributed by atoms with Crippen molar-refractivity contribution in [2.75, 3.05) is 20.1 Å². The van der Waals surface area contributed by atoms with Crippen LogP contribution in [-0.2, 0) is 0 Å². The molecule has 0 radical (unpaired) electrons. The zero-order chi connectivity index (χ0) is 7.40. The smallest absolute Gasteiger partial charge is 0.0625 e. The summed E-state index contributed by atoms with van der Waals surface area (Å²) in [5.74, 6) is 0.642. The van der Waals surface area contributed by atoms with Crippen molar-refractivity contribution in [3.63, 3.8) is 0 Å². The minimum absolute atomic E-state index is 0.642. The fourth-order valence-corrected chi connectivity index (χ4v) is 1.57. The van der Waals surface area contributed by atoms with E-state index in [1.807, 2.05) is 0 Å². The second-order valence-electron chi connectivity index (χ2n) is 3.13. The van der Waals surface area contributed by atoms with E-state index in [0.717, 1.165) is 13.0 Å². The SMILES string of the molecule is CN1CCC[C@H](CC#N)C1. The highest BCUT2D eigenvalue weighted by Crippen LogP contribution is 2.17. The molecule has 1 rings (SSSR count). The van der Waals surface area contributed by atoms with Gasteiger partial charge in [0.1, 0.15) is 0 Å². The summed E-state index contributed by atoms with van der Waals surface area (Å²) < 4.78 is 0. The highest BCUT2D eigenvalue weighted by atomic mass is 15.1. The molecule has 0 unspecified atom stereocenters. The summed E-state index contributed by atoms with van der Waals surface area (Å²) in [6.07, 6.45) is 3.26. The Bertz CT molecular complexity index is 137. The summed E-state index contributed by atoms with van der Waals surface area (Å²) in [4.78, 5) is 2.31. The van der Waals surface area contributed by atoms with Crippen LogP contribution in [0.15, 0.2) is 0 Å². The number of piperidine rings is 1. The lowest BCUT2D eigenvalue weighted by molar-refractivity contribution is 0.212. The Hall–Kier alpha value is -0.550. The van der Waals surface area contributed by atoms with Crippen LogP contribution in [0.5, 0.6) is 0 Å². The van der Waals surface area contributed by atoms with E-state index in [1.165, 1.54) is 19.4 Å². The summed E-state index contributed by atoms with van der Waals surface area (Å²) >= 11 is 0. The molecule has 1 fully saturated rings. The van der Waals surface area contributed by atoms with Gasteiger partial charge in [-0.05, 0) is 32.4 Å². The number of hydrogen-bond acceptors (Lipinski definition) is 2. The van der Waals surface area contributed by atoms with Crippen LogP contribution < -0.4 is 0 Å². The van der Waals surface area contributed by atoms with Gasteiger partial charge in [0, 0.05) is 13.0 Å². The first-order valence-corrected chi connectivity index (χ1v) is 3.88. The number of nitriles is 1. The standard InChI is InChI=1S/C8H14N2/c1-10-6-2-3-8(7-10)4-5-9/h8H,2-4,6-7H2,1H3/t8-/m1/s1. The van der Waals surface area contributed by atoms with Gasteiger partial charge in [-0.15, -0.1) is 0 Å². The lowest BCUT2D eigenvalue weighted by Crippen LogP contribution is -2.31. The van der Waals surface area contributed by atoms with Gasteiger partial charge >= 0.3 is 0 Å². The summed E-state index contributed by atoms with van der Waals surface area (Å²) in [6.45, 7) is 2.33. The molecule has 0 amide bonds. The molecule has 1 aliphatic heterocycles. The maximum Gasteiger partial charge on any atom is 0.0625 e. The molecule has 0 aliphatic carbocycles. The van der Waals surface area contributed by atoms with E-state index in [1.54, 1.807) is 0 Å². The number of nitrogens with zero attached hydrogens (tertiary/aromatic N) is 2. The number of hydrogen-bond donors (Lipinski definition) is 0. The van der Waals surface area contributed by atoms with Gasteiger partial charge in [-0.3, -0.25) is 0 Å². The van der Waals surface area contributed by atoms with Crippen molar-refractivity contribution in [2.45, 2.75) is 19.3 Å². The van der Waals surface area contributed by atoms with Crippen molar-refractivity contribution in [1.29, 1.82) is 5.26 Å². The van der Waals surface area contributed by atoms with Gasteiger partial charge in [-0.1, -0.05) is 0 Å². The van der Waals surface area contributed by atoms with Crippen molar-refractivity contribution >= 4 is 0 Å². The first kappa shape index (κ1) is 7.56. The predicted octanol–water partition coefficient (Wildman–Crippen LogP) is 1.24. The summed E-state index contributed by atoms with van der Waals surface area (Å²) in [7, 11) is 2.13. The topological polar surface area (TPSA) is 27.0 Å². The van der Waals surface area contributed by atoms with E-state index in [0.29, 0.717) is 5.92 Å². The Morgan fingerprint density at radius 3 is 3.10 bits per heavy atom. The molecule has 0 bridgehead atoms. The molecule has 10 heavy (non-hydrogen) atoms. The second-order valence-corrected chi connectivity index (χ2v) is 3.13. The molecule has 0 spiro atoms. The zero-order valence-corrected chi connectivity index (χ0v) is 6.51. The van der Waals surface area contributed by atoms with Crippen LogP contribution in [0.4, 0.5) is 0 Å². The molecule has 0 aromatic carbocycles. The average molecular weight is 138 g/mol. The van der Waals surface area contributed by atoms with Crippen molar-refractivity contribution < 1.29 is 0 Å². The third-order valence-corrected chi connectivity index (χ3v) is 2.10. The Morgan fingerprint density at radius 2 is 2.50 bits per heavy atom. The molecule has 1 atom stereocenters. The highest BCUT2D eigenvalue weighted by molar-refractivity contribution is 4.80. The van der Waals surface area contributed by atoms with Crippen molar-refractivity contribution in [3.05, 3.63) is 0 Å². The van der Waals surface area contributed by atoms with E-state index in [4.69, 9.17) is 5.26 Å². The average Bonchev–Trinajstić information content (AvgIpc) is 1.88. The Morgan fingerprint density at radius 1 is 1.70 bits per heavy atom. The Kier molecular flexibility index (Phi) is 2.70. The highest BCUT2D eigenvalue weighted by Gasteiger charge is 2.15. The normalized spacial score (nSPS) is 27.8. The molecular weight excluding hydrogens is 124 g/mol.